The summed E-state index contributed by atoms with van der Waals surface area (Å²) in [7, 11) is 0. The van der Waals surface area contributed by atoms with Crippen molar-refractivity contribution in [3.63, 3.8) is 0 Å². The number of nitrogens with two attached hydrogens (primary N) is 1. The Bertz CT molecular complexity index is 570. The van der Waals surface area contributed by atoms with Gasteiger partial charge in [-0.2, -0.15) is 0 Å². The topological polar surface area (TPSA) is 80.9 Å². The van der Waals surface area contributed by atoms with E-state index in [0.717, 1.165) is 5.52 Å². The van der Waals surface area contributed by atoms with Gasteiger partial charge in [-0.15, -0.1) is 0 Å². The third kappa shape index (κ3) is 2.12. The number of carbonyl (C=O) groups is 1. The number of rotatable bonds is 1. The molecule has 1 aromatic heterocycles. The molecular formula is C10H8N4OS. The van der Waals surface area contributed by atoms with Gasteiger partial charge >= 0.3 is 0 Å². The van der Waals surface area contributed by atoms with Crippen LogP contribution in [-0.2, 0) is 0 Å². The lowest BCUT2D eigenvalue weighted by atomic mass is 10.3. The monoisotopic (exact) mass is 232 g/mol. The van der Waals surface area contributed by atoms with E-state index >= 15 is 0 Å². The van der Waals surface area contributed by atoms with Gasteiger partial charge in [-0.25, -0.2) is 4.98 Å². The highest BCUT2D eigenvalue weighted by molar-refractivity contribution is 7.80. The van der Waals surface area contributed by atoms with Crippen LogP contribution in [0.5, 0.6) is 0 Å². The molecule has 0 radical (unpaired) electrons. The number of hydrogen-bond acceptors (Lipinski definition) is 4. The molecule has 5 nitrogen and oxygen atoms in total. The largest absolute Gasteiger partial charge is 0.376 e. The number of carbonyl (C=O) groups excluding carboxylic acids is 1. The van der Waals surface area contributed by atoms with E-state index in [-0.39, 0.29) is 10.8 Å². The first kappa shape index (κ1) is 10.4. The fraction of sp³-hybridized carbons (Fsp3) is 0. The fourth-order valence-corrected chi connectivity index (χ4v) is 1.34. The maximum absolute atomic E-state index is 11.5. The summed E-state index contributed by atoms with van der Waals surface area (Å²) in [5, 5.41) is 2.21. The summed E-state index contributed by atoms with van der Waals surface area (Å²) in [6.07, 6.45) is 1.38. The Labute approximate surface area is 96.7 Å². The normalized spacial score (nSPS) is 10.0. The average molecular weight is 232 g/mol. The molecule has 2 rings (SSSR count). The lowest BCUT2D eigenvalue weighted by molar-refractivity contribution is 0.0972. The Hall–Kier alpha value is -2.08. The molecule has 0 aliphatic heterocycles. The summed E-state index contributed by atoms with van der Waals surface area (Å²) < 4.78 is 0. The molecule has 0 aliphatic rings. The van der Waals surface area contributed by atoms with Crippen LogP contribution in [-0.4, -0.2) is 21.0 Å². The van der Waals surface area contributed by atoms with Crippen LogP contribution >= 0.6 is 12.2 Å². The highest BCUT2D eigenvalue weighted by Gasteiger charge is 2.08. The number of fused-ring (bicyclic) bond motifs is 1. The van der Waals surface area contributed by atoms with E-state index in [2.05, 4.69) is 27.5 Å². The Morgan fingerprint density at radius 1 is 1.31 bits per heavy atom. The molecule has 80 valence electrons. The lowest BCUT2D eigenvalue weighted by Crippen LogP contribution is -2.35. The molecule has 0 saturated heterocycles. The zero-order chi connectivity index (χ0) is 11.5. The molecule has 0 bridgehead atoms. The number of nitrogens with zero attached hydrogens (tertiary/aromatic N) is 2. The molecule has 3 N–H and O–H groups in total. The van der Waals surface area contributed by atoms with Crippen LogP contribution in [0.3, 0.4) is 0 Å². The maximum atomic E-state index is 11.5. The smallest absolute Gasteiger partial charge is 0.277 e. The fourth-order valence-electron chi connectivity index (χ4n) is 1.24. The third-order valence-electron chi connectivity index (χ3n) is 1.92. The second kappa shape index (κ2) is 4.19. The van der Waals surface area contributed by atoms with Crippen molar-refractivity contribution in [1.29, 1.82) is 0 Å². The second-order valence-electron chi connectivity index (χ2n) is 3.06. The van der Waals surface area contributed by atoms with Crippen LogP contribution in [0.1, 0.15) is 10.5 Å². The van der Waals surface area contributed by atoms with E-state index in [1.165, 1.54) is 6.20 Å². The summed E-state index contributed by atoms with van der Waals surface area (Å²) in [4.78, 5) is 19.8. The molecule has 0 atom stereocenters. The number of hydrogen-bond donors (Lipinski definition) is 2. The van der Waals surface area contributed by atoms with Crippen LogP contribution in [0.25, 0.3) is 11.0 Å². The molecule has 1 amide bonds. The van der Waals surface area contributed by atoms with E-state index < -0.39 is 5.91 Å². The molecule has 1 aromatic carbocycles. The maximum Gasteiger partial charge on any atom is 0.277 e. The van der Waals surface area contributed by atoms with Gasteiger partial charge in [0, 0.05) is 0 Å². The number of benzene rings is 1. The number of nitrogens with one attached hydrogen (secondary N) is 1. The zero-order valence-corrected chi connectivity index (χ0v) is 8.99. The quantitative estimate of drug-likeness (QED) is 0.704. The molecule has 2 aromatic rings. The number of aromatic nitrogens is 2. The highest BCUT2D eigenvalue weighted by atomic mass is 32.1. The van der Waals surface area contributed by atoms with Gasteiger partial charge in [-0.1, -0.05) is 12.1 Å². The Kier molecular flexibility index (Phi) is 2.74. The second-order valence-corrected chi connectivity index (χ2v) is 3.50. The van der Waals surface area contributed by atoms with Crippen molar-refractivity contribution in [1.82, 2.24) is 15.3 Å². The molecule has 0 fully saturated rings. The predicted molar refractivity (Wildman–Crippen MR) is 63.8 cm³/mol. The molecule has 0 unspecified atom stereocenters. The van der Waals surface area contributed by atoms with E-state index in [9.17, 15) is 4.79 Å². The van der Waals surface area contributed by atoms with Gasteiger partial charge in [0.1, 0.15) is 5.69 Å². The molecule has 0 aliphatic carbocycles. The Morgan fingerprint density at radius 2 is 2.00 bits per heavy atom. The predicted octanol–water partition coefficient (Wildman–Crippen LogP) is 0.603. The number of amides is 1. The van der Waals surface area contributed by atoms with Crippen LogP contribution in [0.2, 0.25) is 0 Å². The van der Waals surface area contributed by atoms with E-state index in [1.54, 1.807) is 6.07 Å². The SMILES string of the molecule is NC(=S)NC(=O)c1cnc2ccccc2n1. The summed E-state index contributed by atoms with van der Waals surface area (Å²) in [6, 6.07) is 7.27. The molecule has 0 saturated carbocycles. The minimum atomic E-state index is -0.453. The van der Waals surface area contributed by atoms with E-state index in [0.29, 0.717) is 5.52 Å². The molecule has 0 spiro atoms. The van der Waals surface area contributed by atoms with Crippen LogP contribution in [0.15, 0.2) is 30.5 Å². The van der Waals surface area contributed by atoms with Gasteiger partial charge in [0.25, 0.3) is 5.91 Å². The van der Waals surface area contributed by atoms with Crippen molar-refractivity contribution < 1.29 is 4.79 Å². The van der Waals surface area contributed by atoms with Crippen molar-refractivity contribution in [3.05, 3.63) is 36.2 Å². The minimum Gasteiger partial charge on any atom is -0.376 e. The molecule has 6 heteroatoms. The Balaban J connectivity index is 2.39. The summed E-state index contributed by atoms with van der Waals surface area (Å²) >= 11 is 4.57. The third-order valence-corrected chi connectivity index (χ3v) is 2.02. The van der Waals surface area contributed by atoms with Crippen molar-refractivity contribution in [2.75, 3.05) is 0 Å². The van der Waals surface area contributed by atoms with Crippen molar-refractivity contribution in [3.8, 4) is 0 Å². The molecule has 16 heavy (non-hydrogen) atoms. The van der Waals surface area contributed by atoms with Crippen LogP contribution in [0.4, 0.5) is 0 Å². The average Bonchev–Trinajstić information content (AvgIpc) is 2.27. The Morgan fingerprint density at radius 3 is 2.69 bits per heavy atom. The summed E-state index contributed by atoms with van der Waals surface area (Å²) in [5.74, 6) is -0.453. The van der Waals surface area contributed by atoms with E-state index in [1.807, 2.05) is 18.2 Å². The van der Waals surface area contributed by atoms with Gasteiger partial charge < -0.3 is 5.73 Å². The van der Waals surface area contributed by atoms with Gasteiger partial charge in [-0.3, -0.25) is 15.1 Å². The lowest BCUT2D eigenvalue weighted by Gasteiger charge is -2.02. The highest BCUT2D eigenvalue weighted by Crippen LogP contribution is 2.08. The molecular weight excluding hydrogens is 224 g/mol. The number of thiocarbonyl (C=S) groups is 1. The summed E-state index contributed by atoms with van der Waals surface area (Å²) in [5.41, 5.74) is 6.76. The first-order chi connectivity index (χ1) is 7.66. The first-order valence-electron chi connectivity index (χ1n) is 4.49. The number of para-hydroxylation sites is 2. The minimum absolute atomic E-state index is 0.0834. The zero-order valence-electron chi connectivity index (χ0n) is 8.18. The van der Waals surface area contributed by atoms with Gasteiger partial charge in [0.05, 0.1) is 17.2 Å². The summed E-state index contributed by atoms with van der Waals surface area (Å²) in [6.45, 7) is 0. The standard InChI is InChI=1S/C10H8N4OS/c11-10(16)14-9(15)8-5-12-6-3-1-2-4-7(6)13-8/h1-5H,(H3,11,14,15,16). The van der Waals surface area contributed by atoms with Gasteiger partial charge in [0.15, 0.2) is 5.11 Å². The van der Waals surface area contributed by atoms with Crippen molar-refractivity contribution in [2.24, 2.45) is 5.73 Å². The van der Waals surface area contributed by atoms with Crippen LogP contribution in [0, 0.1) is 0 Å². The van der Waals surface area contributed by atoms with Crippen molar-refractivity contribution in [2.45, 2.75) is 0 Å². The van der Waals surface area contributed by atoms with Gasteiger partial charge in [0.2, 0.25) is 0 Å². The molecule has 1 heterocycles. The first-order valence-corrected chi connectivity index (χ1v) is 4.90. The van der Waals surface area contributed by atoms with Gasteiger partial charge in [-0.05, 0) is 24.4 Å². The van der Waals surface area contributed by atoms with Crippen molar-refractivity contribution >= 4 is 34.3 Å². The van der Waals surface area contributed by atoms with Crippen LogP contribution < -0.4 is 11.1 Å². The van der Waals surface area contributed by atoms with E-state index in [4.69, 9.17) is 5.73 Å².